The molecule has 0 aliphatic carbocycles. The number of nitrogens with one attached hydrogen (secondary N) is 1. The molecule has 1 N–H and O–H groups in total. The largest absolute Gasteiger partial charge is 0.353 e. The van der Waals surface area contributed by atoms with E-state index in [0.717, 1.165) is 37.6 Å². The number of benzene rings is 1. The number of rotatable bonds is 4. The minimum absolute atomic E-state index is 0.0535. The lowest BCUT2D eigenvalue weighted by Gasteiger charge is -2.36. The fraction of sp³-hybridized carbons (Fsp3) is 0.333. The summed E-state index contributed by atoms with van der Waals surface area (Å²) in [6.45, 7) is 5.07. The van der Waals surface area contributed by atoms with Crippen LogP contribution in [0.3, 0.4) is 0 Å². The van der Waals surface area contributed by atoms with Crippen LogP contribution in [0, 0.1) is 6.92 Å². The number of carbonyl (C=O) groups is 2. The molecule has 1 atom stereocenters. The summed E-state index contributed by atoms with van der Waals surface area (Å²) in [6.07, 6.45) is 1.90. The minimum Gasteiger partial charge on any atom is -0.353 e. The van der Waals surface area contributed by atoms with Gasteiger partial charge < -0.3 is 15.1 Å². The summed E-state index contributed by atoms with van der Waals surface area (Å²) in [5.74, 6) is 1.21. The lowest BCUT2D eigenvalue weighted by molar-refractivity contribution is -0.118. The van der Waals surface area contributed by atoms with Crippen LogP contribution in [0.1, 0.15) is 22.3 Å². The molecule has 0 bridgehead atoms. The van der Waals surface area contributed by atoms with Crippen LogP contribution in [0.2, 0.25) is 0 Å². The lowest BCUT2D eigenvalue weighted by Crippen LogP contribution is -2.52. The molecule has 0 saturated carbocycles. The van der Waals surface area contributed by atoms with E-state index in [1.807, 2.05) is 37.3 Å². The molecule has 3 heterocycles. The average molecular weight is 377 g/mol. The Bertz CT molecular complexity index is 887. The highest BCUT2D eigenvalue weighted by atomic mass is 16.2. The van der Waals surface area contributed by atoms with Crippen molar-refractivity contribution in [3.8, 4) is 0 Å². The third-order valence-electron chi connectivity index (χ3n) is 5.13. The molecular formula is C21H23N5O2. The number of Topliss-reactive ketones (excluding diaryl/α,β-unsaturated/α-hetero) is 1. The number of guanidine groups is 1. The van der Waals surface area contributed by atoms with Crippen molar-refractivity contribution in [1.29, 1.82) is 0 Å². The van der Waals surface area contributed by atoms with Gasteiger partial charge in [-0.2, -0.15) is 4.99 Å². The van der Waals surface area contributed by atoms with Crippen LogP contribution >= 0.6 is 0 Å². The normalized spacial score (nSPS) is 19.4. The van der Waals surface area contributed by atoms with Crippen LogP contribution in [0.5, 0.6) is 0 Å². The van der Waals surface area contributed by atoms with Crippen LogP contribution in [0.4, 0.5) is 5.82 Å². The van der Waals surface area contributed by atoms with Crippen molar-refractivity contribution in [3.63, 3.8) is 0 Å². The molecule has 2 aromatic rings. The van der Waals surface area contributed by atoms with E-state index in [4.69, 9.17) is 0 Å². The number of nitrogens with zero attached hydrogens (tertiary/aromatic N) is 4. The summed E-state index contributed by atoms with van der Waals surface area (Å²) in [4.78, 5) is 37.6. The Morgan fingerprint density at radius 1 is 1.07 bits per heavy atom. The van der Waals surface area contributed by atoms with Crippen molar-refractivity contribution in [1.82, 2.24) is 15.2 Å². The number of aryl methyl sites for hydroxylation is 1. The zero-order chi connectivity index (χ0) is 19.5. The van der Waals surface area contributed by atoms with E-state index in [1.165, 1.54) is 0 Å². The maximum Gasteiger partial charge on any atom is 0.271 e. The van der Waals surface area contributed by atoms with Gasteiger partial charge >= 0.3 is 0 Å². The van der Waals surface area contributed by atoms with Gasteiger partial charge in [0.15, 0.2) is 5.78 Å². The van der Waals surface area contributed by atoms with Gasteiger partial charge in [0.1, 0.15) is 11.9 Å². The molecule has 28 heavy (non-hydrogen) atoms. The number of pyridine rings is 1. The van der Waals surface area contributed by atoms with Crippen molar-refractivity contribution in [2.45, 2.75) is 19.4 Å². The molecular weight excluding hydrogens is 354 g/mol. The first kappa shape index (κ1) is 18.2. The van der Waals surface area contributed by atoms with Gasteiger partial charge in [0, 0.05) is 44.4 Å². The first-order valence-electron chi connectivity index (χ1n) is 9.50. The van der Waals surface area contributed by atoms with Gasteiger partial charge in [-0.1, -0.05) is 35.9 Å². The third-order valence-corrected chi connectivity index (χ3v) is 5.13. The Morgan fingerprint density at radius 3 is 2.46 bits per heavy atom. The van der Waals surface area contributed by atoms with Crippen LogP contribution in [-0.2, 0) is 4.79 Å². The Morgan fingerprint density at radius 2 is 1.79 bits per heavy atom. The molecule has 1 saturated heterocycles. The Hall–Kier alpha value is -3.22. The number of ketones is 1. The van der Waals surface area contributed by atoms with E-state index in [0.29, 0.717) is 11.5 Å². The van der Waals surface area contributed by atoms with Crippen molar-refractivity contribution >= 4 is 23.5 Å². The Labute approximate surface area is 164 Å². The van der Waals surface area contributed by atoms with Crippen molar-refractivity contribution < 1.29 is 9.59 Å². The molecule has 2 aliphatic heterocycles. The van der Waals surface area contributed by atoms with Crippen molar-refractivity contribution in [2.24, 2.45) is 4.99 Å². The molecule has 4 rings (SSSR count). The minimum atomic E-state index is -0.586. The lowest BCUT2D eigenvalue weighted by atomic mass is 10.0. The van der Waals surface area contributed by atoms with E-state index in [-0.39, 0.29) is 18.1 Å². The molecule has 0 radical (unpaired) electrons. The Kier molecular flexibility index (Phi) is 5.06. The van der Waals surface area contributed by atoms with Crippen molar-refractivity contribution in [2.75, 3.05) is 31.1 Å². The molecule has 1 aromatic carbocycles. The smallest absolute Gasteiger partial charge is 0.271 e. The van der Waals surface area contributed by atoms with Crippen LogP contribution in [0.25, 0.3) is 0 Å². The predicted molar refractivity (Wildman–Crippen MR) is 108 cm³/mol. The number of piperazine rings is 1. The summed E-state index contributed by atoms with van der Waals surface area (Å²) in [5.41, 5.74) is 1.72. The summed E-state index contributed by atoms with van der Waals surface area (Å²) < 4.78 is 0. The summed E-state index contributed by atoms with van der Waals surface area (Å²) in [7, 11) is 0. The molecule has 1 fully saturated rings. The second-order valence-corrected chi connectivity index (χ2v) is 7.13. The van der Waals surface area contributed by atoms with Crippen molar-refractivity contribution in [3.05, 3.63) is 59.8 Å². The van der Waals surface area contributed by atoms with Gasteiger partial charge in [-0.15, -0.1) is 0 Å². The summed E-state index contributed by atoms with van der Waals surface area (Å²) >= 11 is 0. The molecule has 7 heteroatoms. The number of aliphatic imine (C=N–C) groups is 1. The SMILES string of the molecule is Cc1ccc(C(=O)CC2NC(N3CCN(c4ccccn4)CC3)=NC2=O)cc1. The van der Waals surface area contributed by atoms with E-state index in [9.17, 15) is 9.59 Å². The highest BCUT2D eigenvalue weighted by Gasteiger charge is 2.32. The quantitative estimate of drug-likeness (QED) is 0.817. The van der Waals surface area contributed by atoms with Crippen LogP contribution in [0.15, 0.2) is 53.7 Å². The molecule has 0 spiro atoms. The topological polar surface area (TPSA) is 77.9 Å². The second-order valence-electron chi connectivity index (χ2n) is 7.13. The summed E-state index contributed by atoms with van der Waals surface area (Å²) in [6, 6.07) is 12.7. The molecule has 1 aromatic heterocycles. The van der Waals surface area contributed by atoms with Gasteiger partial charge in [-0.25, -0.2) is 4.98 Å². The van der Waals surface area contributed by atoms with E-state index >= 15 is 0 Å². The maximum absolute atomic E-state index is 12.5. The molecule has 7 nitrogen and oxygen atoms in total. The highest BCUT2D eigenvalue weighted by Crippen LogP contribution is 2.16. The Balaban J connectivity index is 1.33. The standard InChI is InChI=1S/C21H23N5O2/c1-15-5-7-16(8-6-15)18(27)14-17-20(28)24-21(23-17)26-12-10-25(11-13-26)19-4-2-3-9-22-19/h2-9,17H,10-14H2,1H3,(H,23,24,28). The number of carbonyl (C=O) groups excluding carboxylic acids is 2. The molecule has 144 valence electrons. The van der Waals surface area contributed by atoms with E-state index < -0.39 is 6.04 Å². The number of amides is 1. The van der Waals surface area contributed by atoms with Crippen LogP contribution < -0.4 is 10.2 Å². The fourth-order valence-electron chi connectivity index (χ4n) is 3.46. The number of anilines is 1. The molecule has 2 aliphatic rings. The maximum atomic E-state index is 12.5. The molecule has 1 unspecified atom stereocenters. The van der Waals surface area contributed by atoms with Gasteiger partial charge in [0.05, 0.1) is 0 Å². The van der Waals surface area contributed by atoms with Gasteiger partial charge in [-0.05, 0) is 19.1 Å². The van der Waals surface area contributed by atoms with Gasteiger partial charge in [0.25, 0.3) is 5.91 Å². The molecule has 1 amide bonds. The van der Waals surface area contributed by atoms with Gasteiger partial charge in [0.2, 0.25) is 5.96 Å². The number of aromatic nitrogens is 1. The zero-order valence-corrected chi connectivity index (χ0v) is 15.8. The third kappa shape index (κ3) is 3.88. The van der Waals surface area contributed by atoms with E-state index in [2.05, 4.69) is 25.1 Å². The number of hydrogen-bond donors (Lipinski definition) is 1. The second kappa shape index (κ2) is 7.80. The average Bonchev–Trinajstić information content (AvgIpc) is 3.09. The zero-order valence-electron chi connectivity index (χ0n) is 15.8. The number of hydrogen-bond acceptors (Lipinski definition) is 6. The first-order chi connectivity index (χ1) is 13.6. The fourth-order valence-corrected chi connectivity index (χ4v) is 3.46. The van der Waals surface area contributed by atoms with Crippen LogP contribution in [-0.4, -0.2) is 59.8 Å². The van der Waals surface area contributed by atoms with Gasteiger partial charge in [-0.3, -0.25) is 9.59 Å². The monoisotopic (exact) mass is 377 g/mol. The van der Waals surface area contributed by atoms with E-state index in [1.54, 1.807) is 18.3 Å². The predicted octanol–water partition coefficient (Wildman–Crippen LogP) is 1.64. The highest BCUT2D eigenvalue weighted by molar-refractivity contribution is 6.07. The summed E-state index contributed by atoms with van der Waals surface area (Å²) in [5, 5.41) is 3.15. The first-order valence-corrected chi connectivity index (χ1v) is 9.50.